The quantitative estimate of drug-likeness (QED) is 0.727. The summed E-state index contributed by atoms with van der Waals surface area (Å²) in [6.07, 6.45) is -0.0744. The third-order valence-electron chi connectivity index (χ3n) is 4.36. The molecule has 2 saturated heterocycles. The number of carbonyl (C=O) groups excluding carboxylic acids is 1. The first kappa shape index (κ1) is 19.5. The van der Waals surface area contributed by atoms with E-state index in [1.807, 2.05) is 27.7 Å². The molecular formula is C18H25NO5S2. The number of hydrogen-bond donors (Lipinski definition) is 0. The van der Waals surface area contributed by atoms with Crippen LogP contribution in [0, 0.1) is 6.92 Å². The van der Waals surface area contributed by atoms with Gasteiger partial charge in [-0.3, -0.25) is 4.18 Å². The van der Waals surface area contributed by atoms with Crippen molar-refractivity contribution in [3.8, 4) is 0 Å². The van der Waals surface area contributed by atoms with Crippen molar-refractivity contribution in [1.29, 1.82) is 0 Å². The largest absolute Gasteiger partial charge is 0.444 e. The molecule has 1 unspecified atom stereocenters. The molecule has 6 nitrogen and oxygen atoms in total. The molecule has 26 heavy (non-hydrogen) atoms. The maximum absolute atomic E-state index is 12.4. The number of carbonyl (C=O) groups is 1. The van der Waals surface area contributed by atoms with Crippen LogP contribution < -0.4 is 0 Å². The summed E-state index contributed by atoms with van der Waals surface area (Å²) in [6, 6.07) is 6.64. The number of likely N-dealkylation sites (tertiary alicyclic amines) is 1. The number of aryl methyl sites for hydroxylation is 1. The topological polar surface area (TPSA) is 72.9 Å². The SMILES string of the molecule is Cc1ccc(S(=O)(=O)OC2CSC3(C2)CN(C(=O)OC(C)(C)C)C3)cc1. The van der Waals surface area contributed by atoms with Crippen molar-refractivity contribution >= 4 is 28.0 Å². The van der Waals surface area contributed by atoms with Crippen LogP contribution in [0.15, 0.2) is 29.2 Å². The van der Waals surface area contributed by atoms with Crippen molar-refractivity contribution < 1.29 is 22.1 Å². The summed E-state index contributed by atoms with van der Waals surface area (Å²) in [7, 11) is -3.77. The molecule has 2 fully saturated rings. The highest BCUT2D eigenvalue weighted by Gasteiger charge is 2.52. The maximum atomic E-state index is 12.4. The smallest absolute Gasteiger partial charge is 0.410 e. The van der Waals surface area contributed by atoms with Crippen molar-refractivity contribution in [2.75, 3.05) is 18.8 Å². The summed E-state index contributed by atoms with van der Waals surface area (Å²) in [5.74, 6) is 0.604. The van der Waals surface area contributed by atoms with Gasteiger partial charge in [-0.2, -0.15) is 8.42 Å². The molecule has 1 aromatic carbocycles. The standard InChI is InChI=1S/C18H25NO5S2/c1-13-5-7-15(8-6-13)26(21,22)24-14-9-18(25-10-14)11-19(12-18)16(20)23-17(2,3)4/h5-8,14H,9-12H2,1-4H3. The average molecular weight is 400 g/mol. The Kier molecular flexibility index (Phi) is 5.05. The van der Waals surface area contributed by atoms with Gasteiger partial charge in [-0.1, -0.05) is 17.7 Å². The Balaban J connectivity index is 1.55. The number of nitrogens with zero attached hydrogens (tertiary/aromatic N) is 1. The van der Waals surface area contributed by atoms with Crippen molar-refractivity contribution in [1.82, 2.24) is 4.90 Å². The second-order valence-corrected chi connectivity index (χ2v) is 11.1. The second-order valence-electron chi connectivity index (χ2n) is 8.02. The Bertz CT molecular complexity index is 777. The first-order chi connectivity index (χ1) is 12.0. The molecular weight excluding hydrogens is 374 g/mol. The van der Waals surface area contributed by atoms with Gasteiger partial charge < -0.3 is 9.64 Å². The van der Waals surface area contributed by atoms with E-state index in [1.54, 1.807) is 40.9 Å². The summed E-state index contributed by atoms with van der Waals surface area (Å²) >= 11 is 1.68. The number of thioether (sulfide) groups is 1. The summed E-state index contributed by atoms with van der Waals surface area (Å²) in [5.41, 5.74) is 0.479. The van der Waals surface area contributed by atoms with Crippen LogP contribution in [-0.2, 0) is 19.0 Å². The minimum absolute atomic E-state index is 0.121. The first-order valence-electron chi connectivity index (χ1n) is 8.60. The minimum Gasteiger partial charge on any atom is -0.444 e. The van der Waals surface area contributed by atoms with E-state index in [1.165, 1.54) is 0 Å². The van der Waals surface area contributed by atoms with Crippen molar-refractivity contribution in [2.45, 2.75) is 55.5 Å². The minimum atomic E-state index is -3.77. The molecule has 0 aliphatic carbocycles. The second kappa shape index (κ2) is 6.73. The monoisotopic (exact) mass is 399 g/mol. The molecule has 2 heterocycles. The number of hydrogen-bond acceptors (Lipinski definition) is 6. The molecule has 2 aliphatic rings. The molecule has 1 aromatic rings. The van der Waals surface area contributed by atoms with Gasteiger partial charge in [-0.25, -0.2) is 4.79 Å². The van der Waals surface area contributed by atoms with E-state index < -0.39 is 15.7 Å². The lowest BCUT2D eigenvalue weighted by Crippen LogP contribution is -2.61. The van der Waals surface area contributed by atoms with Gasteiger partial charge in [0.2, 0.25) is 0 Å². The third-order valence-corrected chi connectivity index (χ3v) is 7.31. The normalized spacial score (nSPS) is 22.3. The van der Waals surface area contributed by atoms with E-state index in [2.05, 4.69) is 0 Å². The summed E-state index contributed by atoms with van der Waals surface area (Å²) in [4.78, 5) is 13.9. The van der Waals surface area contributed by atoms with E-state index in [-0.39, 0.29) is 21.8 Å². The highest BCUT2D eigenvalue weighted by atomic mass is 32.2. The number of amides is 1. The van der Waals surface area contributed by atoms with Gasteiger partial charge in [0.1, 0.15) is 5.60 Å². The Morgan fingerprint density at radius 3 is 2.42 bits per heavy atom. The molecule has 0 saturated carbocycles. The van der Waals surface area contributed by atoms with Gasteiger partial charge in [0, 0.05) is 18.8 Å². The van der Waals surface area contributed by atoms with Crippen LogP contribution in [0.3, 0.4) is 0 Å². The number of rotatable bonds is 3. The van der Waals surface area contributed by atoms with Crippen molar-refractivity contribution in [2.24, 2.45) is 0 Å². The molecule has 3 rings (SSSR count). The van der Waals surface area contributed by atoms with Gasteiger partial charge in [0.05, 0.1) is 15.7 Å². The van der Waals surface area contributed by atoms with Crippen LogP contribution in [0.5, 0.6) is 0 Å². The fourth-order valence-corrected chi connectivity index (χ4v) is 5.81. The lowest BCUT2D eigenvalue weighted by Gasteiger charge is -2.47. The molecule has 0 N–H and O–H groups in total. The molecule has 1 amide bonds. The van der Waals surface area contributed by atoms with Gasteiger partial charge >= 0.3 is 6.09 Å². The zero-order valence-corrected chi connectivity index (χ0v) is 17.2. The summed E-state index contributed by atoms with van der Waals surface area (Å²) < 4.78 is 35.6. The molecule has 0 bridgehead atoms. The maximum Gasteiger partial charge on any atom is 0.410 e. The predicted molar refractivity (Wildman–Crippen MR) is 101 cm³/mol. The Morgan fingerprint density at radius 1 is 1.23 bits per heavy atom. The van der Waals surface area contributed by atoms with Crippen LogP contribution in [0.25, 0.3) is 0 Å². The summed E-state index contributed by atoms with van der Waals surface area (Å²) in [5, 5.41) is 0. The average Bonchev–Trinajstić information content (AvgIpc) is 2.87. The Labute approximate surface area is 159 Å². The zero-order chi connectivity index (χ0) is 19.2. The van der Waals surface area contributed by atoms with Gasteiger partial charge in [0.25, 0.3) is 10.1 Å². The molecule has 2 aliphatic heterocycles. The first-order valence-corrected chi connectivity index (χ1v) is 11.0. The van der Waals surface area contributed by atoms with Gasteiger partial charge in [-0.05, 0) is 46.2 Å². The van der Waals surface area contributed by atoms with Crippen LogP contribution >= 0.6 is 11.8 Å². The lowest BCUT2D eigenvalue weighted by molar-refractivity contribution is 0.00192. The molecule has 0 radical (unpaired) electrons. The van der Waals surface area contributed by atoms with E-state index in [0.29, 0.717) is 25.3 Å². The van der Waals surface area contributed by atoms with Gasteiger partial charge in [-0.15, -0.1) is 11.8 Å². The molecule has 0 aromatic heterocycles. The molecule has 144 valence electrons. The molecule has 1 atom stereocenters. The third kappa shape index (κ3) is 4.35. The van der Waals surface area contributed by atoms with Crippen LogP contribution in [-0.4, -0.2) is 54.7 Å². The zero-order valence-electron chi connectivity index (χ0n) is 15.5. The van der Waals surface area contributed by atoms with Gasteiger partial charge in [0.15, 0.2) is 0 Å². The molecule has 8 heteroatoms. The number of ether oxygens (including phenoxy) is 1. The van der Waals surface area contributed by atoms with E-state index in [9.17, 15) is 13.2 Å². The fourth-order valence-electron chi connectivity index (χ4n) is 3.13. The van der Waals surface area contributed by atoms with Crippen molar-refractivity contribution in [3.63, 3.8) is 0 Å². The van der Waals surface area contributed by atoms with Crippen LogP contribution in [0.1, 0.15) is 32.8 Å². The Hall–Kier alpha value is -1.25. The van der Waals surface area contributed by atoms with Crippen LogP contribution in [0.2, 0.25) is 0 Å². The Morgan fingerprint density at radius 2 is 1.85 bits per heavy atom. The highest BCUT2D eigenvalue weighted by Crippen LogP contribution is 2.46. The fraction of sp³-hybridized carbons (Fsp3) is 0.611. The summed E-state index contributed by atoms with van der Waals surface area (Å²) in [6.45, 7) is 8.55. The van der Waals surface area contributed by atoms with Crippen molar-refractivity contribution in [3.05, 3.63) is 29.8 Å². The predicted octanol–water partition coefficient (Wildman–Crippen LogP) is 3.20. The lowest BCUT2D eigenvalue weighted by atomic mass is 9.93. The van der Waals surface area contributed by atoms with E-state index in [0.717, 1.165) is 5.56 Å². The van der Waals surface area contributed by atoms with Crippen LogP contribution in [0.4, 0.5) is 4.79 Å². The number of benzene rings is 1. The highest BCUT2D eigenvalue weighted by molar-refractivity contribution is 8.01. The van der Waals surface area contributed by atoms with E-state index in [4.69, 9.17) is 8.92 Å². The van der Waals surface area contributed by atoms with E-state index >= 15 is 0 Å². The molecule has 1 spiro atoms.